The van der Waals surface area contributed by atoms with Gasteiger partial charge in [-0.3, -0.25) is 14.4 Å². The summed E-state index contributed by atoms with van der Waals surface area (Å²) in [7, 11) is -2.14. The number of fused-ring (bicyclic) bond motifs is 7. The molecule has 296 valence electrons. The third-order valence-corrected chi connectivity index (χ3v) is 21.5. The highest BCUT2D eigenvalue weighted by Crippen LogP contribution is 2.76. The van der Waals surface area contributed by atoms with Crippen molar-refractivity contribution < 1.29 is 33.4 Å². The minimum atomic E-state index is -2.14. The molecule has 7 nitrogen and oxygen atoms in total. The van der Waals surface area contributed by atoms with Crippen LogP contribution in [0.25, 0.3) is 0 Å². The van der Waals surface area contributed by atoms with Crippen molar-refractivity contribution in [2.45, 2.75) is 178 Å². The molecular formula is C44H74O7Si. The average molecular weight is 743 g/mol. The Bertz CT molecular complexity index is 1460. The molecule has 1 N–H and O–H groups in total. The van der Waals surface area contributed by atoms with Crippen LogP contribution in [0, 0.1) is 55.7 Å². The second-order valence-electron chi connectivity index (χ2n) is 22.0. The van der Waals surface area contributed by atoms with E-state index in [1.54, 1.807) is 13.8 Å². The Labute approximate surface area is 317 Å². The standard InChI is InChI=1S/C44H74O7Si/c1-15-49-36(48)44-24-22-38(5,6)26-30(44)29-16-17-32-40(9)20-19-33(51-34(45)27-39(7,8)35(46)47)41(10,28-50-52(13,14)37(2,3)4)31(40)18-21-43(32,12)42(29,11)23-25-44/h16,30-33H,15,17-28H2,1-14H3,(H,46,47)/t30?,31?,32?,33-,40-,41-,42+,43+,44-/m0/s1. The van der Waals surface area contributed by atoms with Crippen molar-refractivity contribution in [2.24, 2.45) is 55.7 Å². The van der Waals surface area contributed by atoms with E-state index >= 15 is 0 Å². The molecule has 9 atom stereocenters. The molecule has 4 saturated carbocycles. The topological polar surface area (TPSA) is 99.1 Å². The number of allylic oxidation sites excluding steroid dienone is 2. The second kappa shape index (κ2) is 13.2. The van der Waals surface area contributed by atoms with Gasteiger partial charge in [0.15, 0.2) is 8.32 Å². The van der Waals surface area contributed by atoms with E-state index in [4.69, 9.17) is 13.9 Å². The number of hydrogen-bond acceptors (Lipinski definition) is 6. The number of ether oxygens (including phenoxy) is 2. The van der Waals surface area contributed by atoms with Crippen LogP contribution in [0.4, 0.5) is 0 Å². The Hall–Kier alpha value is -1.67. The number of rotatable bonds is 9. The summed E-state index contributed by atoms with van der Waals surface area (Å²) in [6.07, 6.45) is 11.8. The number of carboxylic acid groups (broad SMARTS) is 1. The Morgan fingerprint density at radius 2 is 1.52 bits per heavy atom. The normalized spacial score (nSPS) is 40.2. The van der Waals surface area contributed by atoms with Gasteiger partial charge in [0.1, 0.15) is 6.10 Å². The Balaban J connectivity index is 1.53. The molecule has 8 heteroatoms. The van der Waals surface area contributed by atoms with Gasteiger partial charge in [0.25, 0.3) is 0 Å². The number of carboxylic acids is 1. The van der Waals surface area contributed by atoms with Gasteiger partial charge in [-0.25, -0.2) is 0 Å². The minimum absolute atomic E-state index is 0.00562. The van der Waals surface area contributed by atoms with Gasteiger partial charge >= 0.3 is 17.9 Å². The van der Waals surface area contributed by atoms with Crippen molar-refractivity contribution in [3.8, 4) is 0 Å². The molecule has 0 aromatic rings. The first kappa shape index (κ1) is 41.5. The van der Waals surface area contributed by atoms with E-state index in [9.17, 15) is 19.5 Å². The summed E-state index contributed by atoms with van der Waals surface area (Å²) in [5, 5.41) is 9.82. The molecule has 0 aromatic heterocycles. The molecule has 0 radical (unpaired) electrons. The quantitative estimate of drug-likeness (QED) is 0.143. The summed E-state index contributed by atoms with van der Waals surface area (Å²) in [5.74, 6) is -0.469. The van der Waals surface area contributed by atoms with Crippen LogP contribution >= 0.6 is 0 Å². The molecule has 52 heavy (non-hydrogen) atoms. The maximum absolute atomic E-state index is 13.9. The number of aliphatic carboxylic acids is 1. The first-order valence-electron chi connectivity index (χ1n) is 20.6. The zero-order valence-corrected chi connectivity index (χ0v) is 36.5. The molecular weight excluding hydrogens is 669 g/mol. The van der Waals surface area contributed by atoms with Crippen LogP contribution in [0.3, 0.4) is 0 Å². The third kappa shape index (κ3) is 6.47. The van der Waals surface area contributed by atoms with Crippen LogP contribution in [-0.4, -0.2) is 50.6 Å². The van der Waals surface area contributed by atoms with Crippen molar-refractivity contribution in [1.29, 1.82) is 0 Å². The Morgan fingerprint density at radius 3 is 2.12 bits per heavy atom. The van der Waals surface area contributed by atoms with Crippen molar-refractivity contribution in [2.75, 3.05) is 13.2 Å². The molecule has 0 spiro atoms. The van der Waals surface area contributed by atoms with Crippen LogP contribution in [0.15, 0.2) is 11.6 Å². The minimum Gasteiger partial charge on any atom is -0.481 e. The molecule has 5 aliphatic carbocycles. The Morgan fingerprint density at radius 1 is 0.885 bits per heavy atom. The average Bonchev–Trinajstić information content (AvgIpc) is 3.01. The van der Waals surface area contributed by atoms with Gasteiger partial charge in [-0.05, 0) is 143 Å². The maximum atomic E-state index is 13.9. The third-order valence-electron chi connectivity index (χ3n) is 17.1. The lowest BCUT2D eigenvalue weighted by Crippen LogP contribution is -2.66. The lowest BCUT2D eigenvalue weighted by Gasteiger charge is -2.71. The summed E-state index contributed by atoms with van der Waals surface area (Å²) < 4.78 is 19.4. The predicted octanol–water partition coefficient (Wildman–Crippen LogP) is 10.8. The molecule has 5 aliphatic rings. The largest absolute Gasteiger partial charge is 0.481 e. The van der Waals surface area contributed by atoms with Gasteiger partial charge in [0.2, 0.25) is 0 Å². The first-order chi connectivity index (χ1) is 23.7. The van der Waals surface area contributed by atoms with Crippen LogP contribution in [0.5, 0.6) is 0 Å². The maximum Gasteiger partial charge on any atom is 0.312 e. The Kier molecular flexibility index (Phi) is 10.6. The van der Waals surface area contributed by atoms with Crippen molar-refractivity contribution in [3.05, 3.63) is 11.6 Å². The fourth-order valence-corrected chi connectivity index (χ4v) is 13.4. The van der Waals surface area contributed by atoms with E-state index in [-0.39, 0.29) is 57.0 Å². The summed E-state index contributed by atoms with van der Waals surface area (Å²) in [6, 6.07) is 0. The number of carbonyl (C=O) groups is 3. The van der Waals surface area contributed by atoms with E-state index in [0.717, 1.165) is 64.2 Å². The molecule has 0 aromatic carbocycles. The highest BCUT2D eigenvalue weighted by atomic mass is 28.4. The zero-order valence-electron chi connectivity index (χ0n) is 35.5. The van der Waals surface area contributed by atoms with Crippen LogP contribution in [0.2, 0.25) is 18.1 Å². The molecule has 0 heterocycles. The number of hydrogen-bond donors (Lipinski definition) is 1. The summed E-state index contributed by atoms with van der Waals surface area (Å²) in [5.41, 5.74) is -0.279. The van der Waals surface area contributed by atoms with Gasteiger partial charge in [-0.1, -0.05) is 74.0 Å². The molecule has 4 fully saturated rings. The molecule has 5 rings (SSSR count). The molecule has 0 amide bonds. The number of carbonyl (C=O) groups excluding carboxylic acids is 2. The van der Waals surface area contributed by atoms with Crippen molar-refractivity contribution in [1.82, 2.24) is 0 Å². The molecule has 3 unspecified atom stereocenters. The monoisotopic (exact) mass is 743 g/mol. The lowest BCUT2D eigenvalue weighted by atomic mass is 9.33. The first-order valence-corrected chi connectivity index (χ1v) is 23.5. The van der Waals surface area contributed by atoms with E-state index in [0.29, 0.717) is 19.1 Å². The van der Waals surface area contributed by atoms with Gasteiger partial charge in [0, 0.05) is 12.0 Å². The van der Waals surface area contributed by atoms with Crippen molar-refractivity contribution in [3.63, 3.8) is 0 Å². The zero-order chi connectivity index (χ0) is 39.1. The van der Waals surface area contributed by atoms with Gasteiger partial charge in [-0.2, -0.15) is 0 Å². The lowest BCUT2D eigenvalue weighted by molar-refractivity contribution is -0.224. The van der Waals surface area contributed by atoms with Crippen LogP contribution in [-0.2, 0) is 28.3 Å². The highest BCUT2D eigenvalue weighted by Gasteiger charge is 2.70. The van der Waals surface area contributed by atoms with Crippen LogP contribution < -0.4 is 0 Å². The van der Waals surface area contributed by atoms with Gasteiger partial charge in [-0.15, -0.1) is 0 Å². The van der Waals surface area contributed by atoms with Gasteiger partial charge < -0.3 is 19.0 Å². The second-order valence-corrected chi connectivity index (χ2v) is 26.8. The highest BCUT2D eigenvalue weighted by molar-refractivity contribution is 6.74. The summed E-state index contributed by atoms with van der Waals surface area (Å²) in [4.78, 5) is 39.4. The van der Waals surface area contributed by atoms with E-state index in [1.165, 1.54) is 5.57 Å². The predicted molar refractivity (Wildman–Crippen MR) is 209 cm³/mol. The summed E-state index contributed by atoms with van der Waals surface area (Å²) >= 11 is 0. The van der Waals surface area contributed by atoms with E-state index < -0.39 is 36.5 Å². The fourth-order valence-electron chi connectivity index (χ4n) is 12.3. The molecule has 0 saturated heterocycles. The molecule has 0 aliphatic heterocycles. The van der Waals surface area contributed by atoms with Crippen LogP contribution in [0.1, 0.15) is 154 Å². The van der Waals surface area contributed by atoms with Crippen molar-refractivity contribution >= 4 is 26.2 Å². The fraction of sp³-hybridized carbons (Fsp3) is 0.886. The SMILES string of the molecule is CCOC(=O)[C@]12CCC(C)(C)CC1C1=CCC3[C@@]4(C)CC[C@H](OC(=O)CC(C)(C)C(=O)O)[C@@](C)(CO[Si](C)(C)C(C)(C)C)C4CC[C@@]3(C)[C@]1(C)CC2. The summed E-state index contributed by atoms with van der Waals surface area (Å²) in [6.45, 7) is 32.2. The number of esters is 2. The smallest absolute Gasteiger partial charge is 0.312 e. The van der Waals surface area contributed by atoms with Gasteiger partial charge in [0.05, 0.1) is 23.9 Å². The van der Waals surface area contributed by atoms with E-state index in [2.05, 4.69) is 81.5 Å². The van der Waals surface area contributed by atoms with E-state index in [1.807, 2.05) is 6.92 Å². The molecule has 0 bridgehead atoms.